The number of carbonyl (C=O) groups is 1. The van der Waals surface area contributed by atoms with E-state index in [0.29, 0.717) is 12.1 Å². The lowest BCUT2D eigenvalue weighted by Gasteiger charge is -2.39. The highest BCUT2D eigenvalue weighted by atomic mass is 16.2. The summed E-state index contributed by atoms with van der Waals surface area (Å²) in [4.78, 5) is 22.1. The maximum Gasteiger partial charge on any atom is 0.255 e. The van der Waals surface area contributed by atoms with Crippen molar-refractivity contribution in [3.05, 3.63) is 83.4 Å². The number of nitrogens with one attached hydrogen (secondary N) is 1. The molecule has 170 valence electrons. The van der Waals surface area contributed by atoms with Crippen LogP contribution < -0.4 is 5.32 Å². The van der Waals surface area contributed by atoms with Gasteiger partial charge in [-0.05, 0) is 51.5 Å². The molecule has 3 aliphatic heterocycles. The van der Waals surface area contributed by atoms with Crippen molar-refractivity contribution >= 4 is 17.0 Å². The van der Waals surface area contributed by atoms with Crippen molar-refractivity contribution < 1.29 is 4.79 Å². The molecule has 2 aromatic heterocycles. The molecule has 7 nitrogen and oxygen atoms in total. The molecule has 5 rings (SSSR count). The van der Waals surface area contributed by atoms with E-state index < -0.39 is 0 Å². The number of hydrogen-bond acceptors (Lipinski definition) is 5. The van der Waals surface area contributed by atoms with Gasteiger partial charge in [0.05, 0.1) is 34.5 Å². The lowest BCUT2D eigenvalue weighted by Crippen LogP contribution is -2.53. The van der Waals surface area contributed by atoms with E-state index in [9.17, 15) is 4.79 Å². The number of nitrogens with zero attached hydrogens (tertiary/aromatic N) is 5. The molecule has 0 radical (unpaired) electrons. The Bertz CT molecular complexity index is 1250. The fourth-order valence-corrected chi connectivity index (χ4v) is 4.80. The van der Waals surface area contributed by atoms with Crippen molar-refractivity contribution in [3.63, 3.8) is 0 Å². The number of hydrogen-bond donors (Lipinski definition) is 1. The Labute approximate surface area is 194 Å². The van der Waals surface area contributed by atoms with E-state index in [4.69, 9.17) is 5.10 Å². The number of carbonyl (C=O) groups excluding carboxylic acids is 1. The van der Waals surface area contributed by atoms with Crippen molar-refractivity contribution in [2.75, 3.05) is 13.1 Å². The monoisotopic (exact) mass is 442 g/mol. The minimum atomic E-state index is -0.0826. The standard InChI is InChI=1S/C26H30N6O/c1-5-23-25-12-24(29-32(25)15-19(4)28-23)20-7-6-8-21-9-10-22(16-31(21)26(33)11-20)30-13-17(2)27-18(3)14-30/h6-12,15-18,27H,5,13-14H2,1-4H3/b7-6+,20-11+,21-8+/t17-,18+. The summed E-state index contributed by atoms with van der Waals surface area (Å²) in [5.41, 5.74) is 6.37. The lowest BCUT2D eigenvalue weighted by molar-refractivity contribution is -0.122. The minimum Gasteiger partial charge on any atom is -0.367 e. The summed E-state index contributed by atoms with van der Waals surface area (Å²) in [5.74, 6) is -0.0826. The van der Waals surface area contributed by atoms with Gasteiger partial charge >= 0.3 is 0 Å². The highest BCUT2D eigenvalue weighted by Crippen LogP contribution is 2.26. The first-order valence-electron chi connectivity index (χ1n) is 11.6. The van der Waals surface area contributed by atoms with Crippen molar-refractivity contribution in [1.29, 1.82) is 0 Å². The van der Waals surface area contributed by atoms with Crippen LogP contribution in [0.4, 0.5) is 0 Å². The van der Waals surface area contributed by atoms with Crippen LogP contribution in [0.15, 0.2) is 66.3 Å². The molecule has 0 unspecified atom stereocenters. The Balaban J connectivity index is 1.48. The molecule has 3 aliphatic rings. The van der Waals surface area contributed by atoms with Crippen LogP contribution in [0.1, 0.15) is 37.9 Å². The van der Waals surface area contributed by atoms with E-state index in [0.717, 1.165) is 59.1 Å². The van der Waals surface area contributed by atoms with Gasteiger partial charge in [-0.3, -0.25) is 14.7 Å². The molecule has 0 saturated carbocycles. The third kappa shape index (κ3) is 4.16. The van der Waals surface area contributed by atoms with Crippen molar-refractivity contribution in [3.8, 4) is 0 Å². The highest BCUT2D eigenvalue weighted by Gasteiger charge is 2.25. The van der Waals surface area contributed by atoms with Crippen molar-refractivity contribution in [2.24, 2.45) is 0 Å². The third-order valence-electron chi connectivity index (χ3n) is 6.23. The number of piperazine rings is 1. The smallest absolute Gasteiger partial charge is 0.255 e. The van der Waals surface area contributed by atoms with Gasteiger partial charge in [-0.1, -0.05) is 19.1 Å². The van der Waals surface area contributed by atoms with Crippen molar-refractivity contribution in [1.82, 2.24) is 29.7 Å². The molecule has 7 heteroatoms. The van der Waals surface area contributed by atoms with Gasteiger partial charge in [0.2, 0.25) is 0 Å². The molecule has 1 fully saturated rings. The molecule has 1 saturated heterocycles. The summed E-state index contributed by atoms with van der Waals surface area (Å²) in [6, 6.07) is 2.82. The first-order valence-corrected chi connectivity index (χ1v) is 11.6. The molecular weight excluding hydrogens is 412 g/mol. The van der Waals surface area contributed by atoms with E-state index in [1.165, 1.54) is 0 Å². The first kappa shape index (κ1) is 21.4. The lowest BCUT2D eigenvalue weighted by atomic mass is 10.1. The second kappa shape index (κ2) is 8.48. The zero-order valence-corrected chi connectivity index (χ0v) is 19.6. The SMILES string of the molecule is CCc1nc(C)cn2nc(C3=C\C(=O)N4C=C(N5C[C@@H](C)N[C@@H](C)C5)C=C\C4=C/C=C/3)cc12. The highest BCUT2D eigenvalue weighted by molar-refractivity contribution is 5.99. The average molecular weight is 443 g/mol. The maximum absolute atomic E-state index is 13.4. The van der Waals surface area contributed by atoms with Gasteiger partial charge in [0, 0.05) is 48.7 Å². The predicted molar refractivity (Wildman–Crippen MR) is 130 cm³/mol. The molecule has 0 aliphatic carbocycles. The Kier molecular flexibility index (Phi) is 5.50. The Morgan fingerprint density at radius 3 is 2.64 bits per heavy atom. The quantitative estimate of drug-likeness (QED) is 0.790. The predicted octanol–water partition coefficient (Wildman–Crippen LogP) is 3.36. The van der Waals surface area contributed by atoms with Crippen LogP contribution in [0.5, 0.6) is 0 Å². The zero-order valence-electron chi connectivity index (χ0n) is 19.6. The fourth-order valence-electron chi connectivity index (χ4n) is 4.80. The van der Waals surface area contributed by atoms with Crippen LogP contribution in [-0.4, -0.2) is 55.5 Å². The number of rotatable bonds is 3. The van der Waals surface area contributed by atoms with Gasteiger partial charge in [-0.2, -0.15) is 5.10 Å². The average Bonchev–Trinajstić information content (AvgIpc) is 3.19. The summed E-state index contributed by atoms with van der Waals surface area (Å²) < 4.78 is 1.87. The summed E-state index contributed by atoms with van der Waals surface area (Å²) in [5, 5.41) is 8.30. The van der Waals surface area contributed by atoms with Crippen molar-refractivity contribution in [2.45, 2.75) is 46.2 Å². The summed E-state index contributed by atoms with van der Waals surface area (Å²) >= 11 is 0. The molecule has 33 heavy (non-hydrogen) atoms. The molecular formula is C26H30N6O. The maximum atomic E-state index is 13.4. The molecule has 5 heterocycles. The van der Waals surface area contributed by atoms with Crippen LogP contribution in [0.25, 0.3) is 11.1 Å². The number of allylic oxidation sites excluding steroid dienone is 6. The topological polar surface area (TPSA) is 65.8 Å². The molecule has 2 aromatic rings. The van der Waals surface area contributed by atoms with E-state index in [1.807, 2.05) is 54.2 Å². The summed E-state index contributed by atoms with van der Waals surface area (Å²) in [7, 11) is 0. The van der Waals surface area contributed by atoms with Gasteiger partial charge in [0.15, 0.2) is 0 Å². The minimum absolute atomic E-state index is 0.0826. The van der Waals surface area contributed by atoms with Crippen LogP contribution in [0.3, 0.4) is 0 Å². The molecule has 1 amide bonds. The van der Waals surface area contributed by atoms with Crippen LogP contribution >= 0.6 is 0 Å². The second-order valence-corrected chi connectivity index (χ2v) is 9.06. The Morgan fingerprint density at radius 2 is 1.88 bits per heavy atom. The van der Waals surface area contributed by atoms with E-state index >= 15 is 0 Å². The van der Waals surface area contributed by atoms with Gasteiger partial charge < -0.3 is 10.2 Å². The Hall–Kier alpha value is -3.45. The van der Waals surface area contributed by atoms with Gasteiger partial charge in [0.1, 0.15) is 0 Å². The fraction of sp³-hybridized carbons (Fsp3) is 0.346. The molecule has 0 spiro atoms. The normalized spacial score (nSPS) is 27.3. The first-order chi connectivity index (χ1) is 15.9. The van der Waals surface area contributed by atoms with Gasteiger partial charge in [0.25, 0.3) is 5.91 Å². The number of aromatic nitrogens is 3. The third-order valence-corrected chi connectivity index (χ3v) is 6.23. The van der Waals surface area contributed by atoms with Crippen LogP contribution in [0, 0.1) is 6.92 Å². The number of fused-ring (bicyclic) bond motifs is 2. The largest absolute Gasteiger partial charge is 0.367 e. The van der Waals surface area contributed by atoms with E-state index in [-0.39, 0.29) is 5.91 Å². The summed E-state index contributed by atoms with van der Waals surface area (Å²) in [6.07, 6.45) is 16.4. The molecule has 0 aromatic carbocycles. The van der Waals surface area contributed by atoms with Crippen LogP contribution in [-0.2, 0) is 11.2 Å². The van der Waals surface area contributed by atoms with Crippen LogP contribution in [0.2, 0.25) is 0 Å². The molecule has 2 atom stereocenters. The Morgan fingerprint density at radius 1 is 1.12 bits per heavy atom. The number of amides is 1. The van der Waals surface area contributed by atoms with Gasteiger partial charge in [-0.15, -0.1) is 0 Å². The van der Waals surface area contributed by atoms with E-state index in [2.05, 4.69) is 42.0 Å². The van der Waals surface area contributed by atoms with Gasteiger partial charge in [-0.25, -0.2) is 4.52 Å². The summed E-state index contributed by atoms with van der Waals surface area (Å²) in [6.45, 7) is 10.3. The molecule has 1 N–H and O–H groups in total. The number of aryl methyl sites for hydroxylation is 2. The van der Waals surface area contributed by atoms with E-state index in [1.54, 1.807) is 11.0 Å². The second-order valence-electron chi connectivity index (χ2n) is 9.06. The zero-order chi connectivity index (χ0) is 23.1. The molecule has 0 bridgehead atoms.